The van der Waals surface area contributed by atoms with E-state index in [-0.39, 0.29) is 0 Å². The average Bonchev–Trinajstić information content (AvgIpc) is 2.57. The molecule has 0 aliphatic heterocycles. The van der Waals surface area contributed by atoms with E-state index in [1.165, 1.54) is 0 Å². The molecule has 0 spiro atoms. The number of nitriles is 1. The van der Waals surface area contributed by atoms with Crippen molar-refractivity contribution in [2.75, 3.05) is 0 Å². The van der Waals surface area contributed by atoms with E-state index in [2.05, 4.69) is 24.9 Å². The van der Waals surface area contributed by atoms with Gasteiger partial charge < -0.3 is 4.40 Å². The summed E-state index contributed by atoms with van der Waals surface area (Å²) in [5.74, 6) is 0.307. The van der Waals surface area contributed by atoms with Crippen LogP contribution in [0.1, 0.15) is 31.2 Å². The molecule has 0 N–H and O–H groups in total. The van der Waals surface area contributed by atoms with Crippen LogP contribution in [0.4, 0.5) is 0 Å². The molecule has 2 aromatic rings. The van der Waals surface area contributed by atoms with Crippen LogP contribution in [0.2, 0.25) is 5.02 Å². The van der Waals surface area contributed by atoms with Gasteiger partial charge in [0.2, 0.25) is 0 Å². The summed E-state index contributed by atoms with van der Waals surface area (Å²) in [7, 11) is 0. The first-order chi connectivity index (χ1) is 7.63. The second-order valence-corrected chi connectivity index (χ2v) is 4.44. The van der Waals surface area contributed by atoms with Gasteiger partial charge in [0.25, 0.3) is 0 Å². The van der Waals surface area contributed by atoms with Crippen molar-refractivity contribution in [1.82, 2.24) is 9.38 Å². The quantitative estimate of drug-likeness (QED) is 0.800. The van der Waals surface area contributed by atoms with Gasteiger partial charge in [-0.1, -0.05) is 25.4 Å². The fourth-order valence-corrected chi connectivity index (χ4v) is 1.96. The Balaban J connectivity index is 2.71. The van der Waals surface area contributed by atoms with Crippen LogP contribution in [-0.4, -0.2) is 9.38 Å². The number of hydrogen-bond acceptors (Lipinski definition) is 2. The minimum atomic E-state index is 0.307. The van der Waals surface area contributed by atoms with Crippen molar-refractivity contribution in [1.29, 1.82) is 5.26 Å². The van der Waals surface area contributed by atoms with Crippen molar-refractivity contribution in [2.45, 2.75) is 26.2 Å². The van der Waals surface area contributed by atoms with Gasteiger partial charge in [-0.25, -0.2) is 4.98 Å². The molecule has 0 aliphatic rings. The van der Waals surface area contributed by atoms with Crippen molar-refractivity contribution in [3.05, 3.63) is 34.7 Å². The molecular weight excluding hydrogens is 222 g/mol. The summed E-state index contributed by atoms with van der Waals surface area (Å²) < 4.78 is 1.93. The number of halogens is 1. The first kappa shape index (κ1) is 11.0. The first-order valence-corrected chi connectivity index (χ1v) is 5.54. The molecule has 2 heterocycles. The monoisotopic (exact) mass is 233 g/mol. The fraction of sp³-hybridized carbons (Fsp3) is 0.333. The molecule has 0 aromatic carbocycles. The van der Waals surface area contributed by atoms with E-state index < -0.39 is 0 Å². The zero-order chi connectivity index (χ0) is 11.7. The van der Waals surface area contributed by atoms with Gasteiger partial charge in [-0.05, 0) is 12.0 Å². The maximum absolute atomic E-state index is 8.84. The van der Waals surface area contributed by atoms with Gasteiger partial charge in [0.15, 0.2) is 0 Å². The molecule has 0 amide bonds. The number of pyridine rings is 1. The van der Waals surface area contributed by atoms with Crippen molar-refractivity contribution in [3.8, 4) is 6.07 Å². The molecule has 0 aliphatic carbocycles. The van der Waals surface area contributed by atoms with E-state index in [9.17, 15) is 0 Å². The van der Waals surface area contributed by atoms with Gasteiger partial charge in [0, 0.05) is 17.3 Å². The third kappa shape index (κ3) is 1.77. The van der Waals surface area contributed by atoms with E-state index in [4.69, 9.17) is 16.9 Å². The lowest BCUT2D eigenvalue weighted by Gasteiger charge is -2.03. The van der Waals surface area contributed by atoms with E-state index in [1.54, 1.807) is 6.07 Å². The smallest absolute Gasteiger partial charge is 0.138 e. The maximum Gasteiger partial charge on any atom is 0.138 e. The number of aromatic nitrogens is 2. The number of imidazole rings is 1. The predicted octanol–water partition coefficient (Wildman–Crippen LogP) is 3.18. The molecule has 0 saturated carbocycles. The molecule has 4 heteroatoms. The highest BCUT2D eigenvalue weighted by Gasteiger charge is 2.14. The minimum absolute atomic E-state index is 0.307. The summed E-state index contributed by atoms with van der Waals surface area (Å²) in [6.45, 7) is 4.15. The van der Waals surface area contributed by atoms with Crippen LogP contribution in [0, 0.1) is 11.3 Å². The number of rotatable bonds is 2. The van der Waals surface area contributed by atoms with Crippen molar-refractivity contribution in [3.63, 3.8) is 0 Å². The summed E-state index contributed by atoms with van der Waals surface area (Å²) in [5.41, 5.74) is 2.74. The number of hydrogen-bond donors (Lipinski definition) is 0. The summed E-state index contributed by atoms with van der Waals surface area (Å²) in [4.78, 5) is 4.52. The third-order valence-corrected chi connectivity index (χ3v) is 2.75. The van der Waals surface area contributed by atoms with Gasteiger partial charge in [-0.15, -0.1) is 0 Å². The zero-order valence-electron chi connectivity index (χ0n) is 9.24. The van der Waals surface area contributed by atoms with Crippen LogP contribution in [0.25, 0.3) is 5.65 Å². The van der Waals surface area contributed by atoms with Crippen LogP contribution in [0.15, 0.2) is 18.3 Å². The Kier molecular flexibility index (Phi) is 2.84. The molecule has 82 valence electrons. The Hall–Kier alpha value is -1.53. The minimum Gasteiger partial charge on any atom is -0.303 e. The van der Waals surface area contributed by atoms with Gasteiger partial charge >= 0.3 is 0 Å². The Bertz CT molecular complexity index is 563. The predicted molar refractivity (Wildman–Crippen MR) is 63.6 cm³/mol. The Morgan fingerprint density at radius 3 is 2.94 bits per heavy atom. The highest BCUT2D eigenvalue weighted by molar-refractivity contribution is 6.30. The molecule has 0 bridgehead atoms. The van der Waals surface area contributed by atoms with Crippen LogP contribution in [0.3, 0.4) is 0 Å². The lowest BCUT2D eigenvalue weighted by Crippen LogP contribution is -1.97. The highest BCUT2D eigenvalue weighted by Crippen LogP contribution is 2.22. The molecular formula is C12H12ClN3. The molecule has 0 atom stereocenters. The van der Waals surface area contributed by atoms with Gasteiger partial charge in [0.1, 0.15) is 5.65 Å². The molecule has 16 heavy (non-hydrogen) atoms. The molecule has 0 radical (unpaired) electrons. The van der Waals surface area contributed by atoms with E-state index in [0.29, 0.717) is 17.4 Å². The number of fused-ring (bicyclic) bond motifs is 1. The van der Waals surface area contributed by atoms with E-state index in [0.717, 1.165) is 17.0 Å². The molecule has 0 saturated heterocycles. The third-order valence-electron chi connectivity index (χ3n) is 2.51. The number of nitrogens with zero attached hydrogens (tertiary/aromatic N) is 3. The van der Waals surface area contributed by atoms with E-state index in [1.807, 2.05) is 16.7 Å². The summed E-state index contributed by atoms with van der Waals surface area (Å²) in [5, 5.41) is 9.50. The van der Waals surface area contributed by atoms with Crippen molar-refractivity contribution in [2.24, 2.45) is 0 Å². The zero-order valence-corrected chi connectivity index (χ0v) is 9.99. The lowest BCUT2D eigenvalue weighted by atomic mass is 10.1. The van der Waals surface area contributed by atoms with Crippen LogP contribution >= 0.6 is 11.6 Å². The Morgan fingerprint density at radius 1 is 1.56 bits per heavy atom. The molecule has 0 fully saturated rings. The maximum atomic E-state index is 8.84. The van der Waals surface area contributed by atoms with E-state index >= 15 is 0 Å². The summed E-state index contributed by atoms with van der Waals surface area (Å²) in [6.07, 6.45) is 2.24. The van der Waals surface area contributed by atoms with Crippen LogP contribution < -0.4 is 0 Å². The van der Waals surface area contributed by atoms with Gasteiger partial charge in [-0.2, -0.15) is 5.26 Å². The Labute approximate surface area is 99.3 Å². The van der Waals surface area contributed by atoms with Gasteiger partial charge in [0.05, 0.1) is 23.9 Å². The summed E-state index contributed by atoms with van der Waals surface area (Å²) >= 11 is 5.92. The Morgan fingerprint density at radius 2 is 2.31 bits per heavy atom. The van der Waals surface area contributed by atoms with Crippen LogP contribution in [0.5, 0.6) is 0 Å². The molecule has 3 nitrogen and oxygen atoms in total. The largest absolute Gasteiger partial charge is 0.303 e. The van der Waals surface area contributed by atoms with Crippen molar-refractivity contribution >= 4 is 17.2 Å². The second kappa shape index (κ2) is 4.15. The van der Waals surface area contributed by atoms with Crippen LogP contribution in [-0.2, 0) is 6.42 Å². The topological polar surface area (TPSA) is 41.1 Å². The fourth-order valence-electron chi connectivity index (χ4n) is 1.80. The van der Waals surface area contributed by atoms with Gasteiger partial charge in [-0.3, -0.25) is 0 Å². The second-order valence-electron chi connectivity index (χ2n) is 4.01. The molecule has 2 aromatic heterocycles. The first-order valence-electron chi connectivity index (χ1n) is 5.17. The standard InChI is InChI=1S/C12H12ClN3/c1-8(2)12-10(3-5-14)16-6-4-9(13)7-11(16)15-12/h4,6-8H,3H2,1-2H3. The molecule has 2 rings (SSSR count). The SMILES string of the molecule is CC(C)c1nc2cc(Cl)ccn2c1CC#N. The molecule has 0 unspecified atom stereocenters. The average molecular weight is 234 g/mol. The van der Waals surface area contributed by atoms with Crippen molar-refractivity contribution < 1.29 is 0 Å². The lowest BCUT2D eigenvalue weighted by molar-refractivity contribution is 0.814. The highest BCUT2D eigenvalue weighted by atomic mass is 35.5. The normalized spacial score (nSPS) is 10.9. The summed E-state index contributed by atoms with van der Waals surface area (Å²) in [6, 6.07) is 5.80.